The topological polar surface area (TPSA) is 75.5 Å². The van der Waals surface area contributed by atoms with Crippen LogP contribution in [-0.2, 0) is 6.54 Å². The first-order chi connectivity index (χ1) is 13.0. The van der Waals surface area contributed by atoms with Crippen LogP contribution in [0.15, 0.2) is 48.5 Å². The van der Waals surface area contributed by atoms with E-state index < -0.39 is 4.92 Å². The Morgan fingerprint density at radius 1 is 1.11 bits per heavy atom. The summed E-state index contributed by atoms with van der Waals surface area (Å²) in [6, 6.07) is 14.0. The second-order valence-electron chi connectivity index (χ2n) is 7.12. The number of para-hydroxylation sites is 1. The minimum absolute atomic E-state index is 0.0268. The molecule has 0 spiro atoms. The molecule has 2 aromatic carbocycles. The highest BCUT2D eigenvalue weighted by molar-refractivity contribution is 6.04. The Labute approximate surface area is 159 Å². The quantitative estimate of drug-likeness (QED) is 0.597. The molecule has 0 bridgehead atoms. The van der Waals surface area contributed by atoms with E-state index in [9.17, 15) is 14.9 Å². The van der Waals surface area contributed by atoms with Crippen LogP contribution in [0.5, 0.6) is 0 Å². The molecule has 0 aromatic heterocycles. The summed E-state index contributed by atoms with van der Waals surface area (Å²) < 4.78 is 0. The zero-order chi connectivity index (χ0) is 19.2. The van der Waals surface area contributed by atoms with Crippen molar-refractivity contribution in [2.45, 2.75) is 44.7 Å². The van der Waals surface area contributed by atoms with Crippen LogP contribution in [0.2, 0.25) is 0 Å². The van der Waals surface area contributed by atoms with E-state index in [0.717, 1.165) is 17.8 Å². The van der Waals surface area contributed by atoms with Gasteiger partial charge < -0.3 is 5.32 Å². The zero-order valence-corrected chi connectivity index (χ0v) is 15.6. The highest BCUT2D eigenvalue weighted by Crippen LogP contribution is 2.25. The van der Waals surface area contributed by atoms with Gasteiger partial charge in [-0.15, -0.1) is 0 Å². The maximum atomic E-state index is 12.5. The number of carbonyl (C=O) groups excluding carboxylic acids is 1. The molecule has 6 nitrogen and oxygen atoms in total. The molecule has 1 N–H and O–H groups in total. The molecule has 142 valence electrons. The van der Waals surface area contributed by atoms with Crippen molar-refractivity contribution in [2.75, 3.05) is 12.4 Å². The average molecular weight is 367 g/mol. The summed E-state index contributed by atoms with van der Waals surface area (Å²) in [7, 11) is 2.14. The maximum absolute atomic E-state index is 12.5. The number of nitro groups is 1. The monoisotopic (exact) mass is 367 g/mol. The molecule has 1 aliphatic rings. The third kappa shape index (κ3) is 4.92. The molecular weight excluding hydrogens is 342 g/mol. The highest BCUT2D eigenvalue weighted by atomic mass is 16.6. The third-order valence-corrected chi connectivity index (χ3v) is 5.22. The average Bonchev–Trinajstić information content (AvgIpc) is 2.70. The molecule has 0 aliphatic heterocycles. The van der Waals surface area contributed by atoms with E-state index in [2.05, 4.69) is 17.3 Å². The molecule has 27 heavy (non-hydrogen) atoms. The largest absolute Gasteiger partial charge is 0.322 e. The van der Waals surface area contributed by atoms with E-state index in [1.54, 1.807) is 0 Å². The Morgan fingerprint density at radius 3 is 2.44 bits per heavy atom. The Balaban J connectivity index is 1.69. The van der Waals surface area contributed by atoms with E-state index in [-0.39, 0.29) is 11.6 Å². The molecule has 2 aromatic rings. The van der Waals surface area contributed by atoms with Crippen LogP contribution in [0.4, 0.5) is 11.4 Å². The van der Waals surface area contributed by atoms with Crippen molar-refractivity contribution in [3.8, 4) is 0 Å². The first-order valence-corrected chi connectivity index (χ1v) is 9.38. The van der Waals surface area contributed by atoms with E-state index in [0.29, 0.717) is 11.6 Å². The summed E-state index contributed by atoms with van der Waals surface area (Å²) in [5.74, 6) is -0.266. The predicted octanol–water partition coefficient (Wildman–Crippen LogP) is 4.61. The number of rotatable bonds is 6. The van der Waals surface area contributed by atoms with Crippen LogP contribution in [0.1, 0.15) is 48.0 Å². The van der Waals surface area contributed by atoms with Gasteiger partial charge in [0.1, 0.15) is 0 Å². The number of hydrogen-bond donors (Lipinski definition) is 1. The molecule has 6 heteroatoms. The van der Waals surface area contributed by atoms with Gasteiger partial charge in [0.15, 0.2) is 0 Å². The van der Waals surface area contributed by atoms with Crippen molar-refractivity contribution in [2.24, 2.45) is 0 Å². The molecule has 1 amide bonds. The van der Waals surface area contributed by atoms with Crippen LogP contribution < -0.4 is 5.32 Å². The summed E-state index contributed by atoms with van der Waals surface area (Å²) in [4.78, 5) is 25.2. The van der Waals surface area contributed by atoms with Crippen molar-refractivity contribution in [3.63, 3.8) is 0 Å². The van der Waals surface area contributed by atoms with Gasteiger partial charge in [-0.25, -0.2) is 0 Å². The van der Waals surface area contributed by atoms with E-state index in [1.165, 1.54) is 56.4 Å². The summed E-state index contributed by atoms with van der Waals surface area (Å²) in [5.41, 5.74) is 2.22. The molecule has 0 unspecified atom stereocenters. The number of carbonyl (C=O) groups is 1. The Kier molecular flexibility index (Phi) is 6.19. The van der Waals surface area contributed by atoms with Crippen molar-refractivity contribution < 1.29 is 9.72 Å². The van der Waals surface area contributed by atoms with Crippen molar-refractivity contribution in [3.05, 3.63) is 69.8 Å². The predicted molar refractivity (Wildman–Crippen MR) is 106 cm³/mol. The molecule has 0 atom stereocenters. The Bertz CT molecular complexity index is 799. The van der Waals surface area contributed by atoms with Crippen LogP contribution in [0.25, 0.3) is 0 Å². The lowest BCUT2D eigenvalue weighted by molar-refractivity contribution is -0.384. The van der Waals surface area contributed by atoms with Gasteiger partial charge in [-0.1, -0.05) is 37.5 Å². The van der Waals surface area contributed by atoms with Gasteiger partial charge in [-0.3, -0.25) is 19.8 Å². The van der Waals surface area contributed by atoms with E-state index in [4.69, 9.17) is 0 Å². The van der Waals surface area contributed by atoms with Crippen molar-refractivity contribution in [1.29, 1.82) is 0 Å². The molecule has 1 saturated carbocycles. The Hall–Kier alpha value is -2.73. The van der Waals surface area contributed by atoms with Gasteiger partial charge in [-0.2, -0.15) is 0 Å². The summed E-state index contributed by atoms with van der Waals surface area (Å²) in [6.45, 7) is 0.779. The maximum Gasteiger partial charge on any atom is 0.269 e. The number of nitro benzene ring substituents is 1. The molecular formula is C21H25N3O3. The fourth-order valence-corrected chi connectivity index (χ4v) is 3.63. The standard InChI is InChI=1S/C21H25N3O3/c1-23(18-8-3-2-4-9-18)15-17-7-5-6-10-20(17)22-21(25)16-11-13-19(14-12-16)24(26)27/h5-7,10-14,18H,2-4,8-9,15H2,1H3,(H,22,25). The van der Waals surface area contributed by atoms with Crippen LogP contribution in [-0.4, -0.2) is 28.8 Å². The lowest BCUT2D eigenvalue weighted by Crippen LogP contribution is -2.33. The molecule has 0 heterocycles. The van der Waals surface area contributed by atoms with Crippen molar-refractivity contribution >= 4 is 17.3 Å². The van der Waals surface area contributed by atoms with Gasteiger partial charge in [0, 0.05) is 36.0 Å². The van der Waals surface area contributed by atoms with Gasteiger partial charge in [0.05, 0.1) is 4.92 Å². The number of nitrogens with zero attached hydrogens (tertiary/aromatic N) is 2. The lowest BCUT2D eigenvalue weighted by atomic mass is 9.94. The van der Waals surface area contributed by atoms with Gasteiger partial charge in [-0.05, 0) is 43.7 Å². The third-order valence-electron chi connectivity index (χ3n) is 5.22. The van der Waals surface area contributed by atoms with Crippen molar-refractivity contribution in [1.82, 2.24) is 4.90 Å². The second-order valence-corrected chi connectivity index (χ2v) is 7.12. The molecule has 0 saturated heterocycles. The number of nitrogens with one attached hydrogen (secondary N) is 1. The number of amides is 1. The summed E-state index contributed by atoms with van der Waals surface area (Å²) in [5, 5.41) is 13.7. The fraction of sp³-hybridized carbons (Fsp3) is 0.381. The van der Waals surface area contributed by atoms with Gasteiger partial charge in [0.25, 0.3) is 11.6 Å². The lowest BCUT2D eigenvalue weighted by Gasteiger charge is -2.31. The van der Waals surface area contributed by atoms with E-state index >= 15 is 0 Å². The normalized spacial score (nSPS) is 14.9. The first kappa shape index (κ1) is 19.0. The van der Waals surface area contributed by atoms with Gasteiger partial charge in [0.2, 0.25) is 0 Å². The smallest absolute Gasteiger partial charge is 0.269 e. The van der Waals surface area contributed by atoms with Gasteiger partial charge >= 0.3 is 0 Å². The molecule has 1 fully saturated rings. The van der Waals surface area contributed by atoms with Crippen LogP contribution >= 0.6 is 0 Å². The molecule has 1 aliphatic carbocycles. The van der Waals surface area contributed by atoms with Crippen LogP contribution in [0.3, 0.4) is 0 Å². The molecule has 0 radical (unpaired) electrons. The molecule has 3 rings (SSSR count). The van der Waals surface area contributed by atoms with E-state index in [1.807, 2.05) is 24.3 Å². The Morgan fingerprint density at radius 2 is 1.78 bits per heavy atom. The highest BCUT2D eigenvalue weighted by Gasteiger charge is 2.19. The minimum atomic E-state index is -0.474. The number of benzene rings is 2. The fourth-order valence-electron chi connectivity index (χ4n) is 3.63. The first-order valence-electron chi connectivity index (χ1n) is 9.38. The van der Waals surface area contributed by atoms with Crippen LogP contribution in [0, 0.1) is 10.1 Å². The number of anilines is 1. The minimum Gasteiger partial charge on any atom is -0.322 e. The summed E-state index contributed by atoms with van der Waals surface area (Å²) in [6.07, 6.45) is 6.36. The SMILES string of the molecule is CN(Cc1ccccc1NC(=O)c1ccc([N+](=O)[O-])cc1)C1CCCCC1. The second kappa shape index (κ2) is 8.77. The number of hydrogen-bond acceptors (Lipinski definition) is 4. The zero-order valence-electron chi connectivity index (χ0n) is 15.6. The summed E-state index contributed by atoms with van der Waals surface area (Å²) >= 11 is 0. The number of non-ortho nitro benzene ring substituents is 1.